The van der Waals surface area contributed by atoms with Gasteiger partial charge in [-0.05, 0) is 30.7 Å². The van der Waals surface area contributed by atoms with Gasteiger partial charge in [0.05, 0.1) is 5.69 Å². The molecular formula is C13H16ClN3O2S. The van der Waals surface area contributed by atoms with Crippen molar-refractivity contribution in [1.82, 2.24) is 4.57 Å². The first-order chi connectivity index (χ1) is 9.35. The quantitative estimate of drug-likeness (QED) is 0.908. The normalized spacial score (nSPS) is 11.6. The molecule has 1 heterocycles. The third-order valence-corrected chi connectivity index (χ3v) is 4.86. The van der Waals surface area contributed by atoms with Gasteiger partial charge in [-0.25, -0.2) is 8.42 Å². The highest BCUT2D eigenvalue weighted by molar-refractivity contribution is 7.92. The van der Waals surface area contributed by atoms with E-state index < -0.39 is 10.0 Å². The summed E-state index contributed by atoms with van der Waals surface area (Å²) in [4.78, 5) is 0.180. The third-order valence-electron chi connectivity index (χ3n) is 3.11. The van der Waals surface area contributed by atoms with Crippen molar-refractivity contribution in [1.29, 1.82) is 0 Å². The average molecular weight is 314 g/mol. The predicted octanol–water partition coefficient (Wildman–Crippen LogP) is 2.25. The molecule has 2 aromatic rings. The molecule has 0 fully saturated rings. The Balaban J connectivity index is 2.38. The number of aryl methyl sites for hydroxylation is 1. The van der Waals surface area contributed by atoms with Gasteiger partial charge in [0.25, 0.3) is 10.0 Å². The number of hydrogen-bond acceptors (Lipinski definition) is 3. The van der Waals surface area contributed by atoms with Crippen molar-refractivity contribution in [2.75, 3.05) is 4.72 Å². The van der Waals surface area contributed by atoms with Crippen LogP contribution in [-0.2, 0) is 23.6 Å². The Hall–Kier alpha value is -1.50. The average Bonchev–Trinajstić information content (AvgIpc) is 2.77. The Morgan fingerprint density at radius 3 is 2.70 bits per heavy atom. The Labute approximate surface area is 123 Å². The molecule has 2 rings (SSSR count). The van der Waals surface area contributed by atoms with Crippen LogP contribution in [0.5, 0.6) is 0 Å². The third kappa shape index (κ3) is 2.82. The van der Waals surface area contributed by atoms with E-state index in [0.717, 1.165) is 5.69 Å². The maximum Gasteiger partial charge on any atom is 0.263 e. The number of sulfonamides is 1. The van der Waals surface area contributed by atoms with E-state index in [1.165, 1.54) is 6.20 Å². The highest BCUT2D eigenvalue weighted by atomic mass is 35.5. The Morgan fingerprint density at radius 1 is 1.40 bits per heavy atom. The van der Waals surface area contributed by atoms with Crippen molar-refractivity contribution < 1.29 is 8.42 Å². The number of hydrogen-bond donors (Lipinski definition) is 2. The zero-order chi connectivity index (χ0) is 14.9. The fourth-order valence-corrected chi connectivity index (χ4v) is 3.24. The summed E-state index contributed by atoms with van der Waals surface area (Å²) in [6.07, 6.45) is 1.53. The van der Waals surface area contributed by atoms with Gasteiger partial charge >= 0.3 is 0 Å². The van der Waals surface area contributed by atoms with Gasteiger partial charge in [-0.15, -0.1) is 0 Å². The predicted molar refractivity (Wildman–Crippen MR) is 80.3 cm³/mol. The van der Waals surface area contributed by atoms with Gasteiger partial charge in [-0.2, -0.15) is 0 Å². The fourth-order valence-electron chi connectivity index (χ4n) is 1.85. The molecule has 108 valence electrons. The van der Waals surface area contributed by atoms with Crippen molar-refractivity contribution in [3.05, 3.63) is 46.7 Å². The molecule has 0 aliphatic carbocycles. The van der Waals surface area contributed by atoms with Crippen molar-refractivity contribution in [2.45, 2.75) is 18.4 Å². The smallest absolute Gasteiger partial charge is 0.263 e. The molecule has 0 spiro atoms. The molecule has 0 unspecified atom stereocenters. The minimum absolute atomic E-state index is 0.180. The topological polar surface area (TPSA) is 77.1 Å². The van der Waals surface area contributed by atoms with Gasteiger partial charge in [-0.3, -0.25) is 4.72 Å². The molecule has 0 amide bonds. The molecule has 20 heavy (non-hydrogen) atoms. The Kier molecular flexibility index (Phi) is 4.08. The maximum absolute atomic E-state index is 12.3. The summed E-state index contributed by atoms with van der Waals surface area (Å²) in [5.74, 6) is 0. The first-order valence-electron chi connectivity index (χ1n) is 5.98. The lowest BCUT2D eigenvalue weighted by Gasteiger charge is -2.10. The molecule has 0 saturated carbocycles. The van der Waals surface area contributed by atoms with E-state index in [0.29, 0.717) is 16.3 Å². The van der Waals surface area contributed by atoms with Crippen LogP contribution in [-0.4, -0.2) is 13.0 Å². The zero-order valence-corrected chi connectivity index (χ0v) is 12.8. The lowest BCUT2D eigenvalue weighted by atomic mass is 10.2. The second-order valence-electron chi connectivity index (χ2n) is 4.50. The minimum Gasteiger partial charge on any atom is -0.352 e. The van der Waals surface area contributed by atoms with E-state index in [2.05, 4.69) is 4.72 Å². The van der Waals surface area contributed by atoms with E-state index in [-0.39, 0.29) is 11.4 Å². The lowest BCUT2D eigenvalue weighted by molar-refractivity contribution is 0.601. The molecule has 0 aliphatic rings. The van der Waals surface area contributed by atoms with Crippen LogP contribution < -0.4 is 10.5 Å². The number of aromatic nitrogens is 1. The number of halogens is 1. The maximum atomic E-state index is 12.3. The summed E-state index contributed by atoms with van der Waals surface area (Å²) >= 11 is 5.99. The van der Waals surface area contributed by atoms with Crippen LogP contribution in [0.3, 0.4) is 0 Å². The standard InChI is InChI=1S/C13H16ClN3O2S/c1-9-12(14)4-3-5-13(9)16-20(18,19)11-6-10(7-15)17(2)8-11/h3-6,8,16H,7,15H2,1-2H3. The Morgan fingerprint density at radius 2 is 2.10 bits per heavy atom. The van der Waals surface area contributed by atoms with Gasteiger partial charge in [0, 0.05) is 30.5 Å². The first kappa shape index (κ1) is 14.9. The summed E-state index contributed by atoms with van der Waals surface area (Å²) in [5.41, 5.74) is 7.45. The molecule has 3 N–H and O–H groups in total. The second-order valence-corrected chi connectivity index (χ2v) is 6.59. The lowest BCUT2D eigenvalue weighted by Crippen LogP contribution is -2.13. The molecule has 0 bridgehead atoms. The van der Waals surface area contributed by atoms with Crippen LogP contribution in [0.2, 0.25) is 5.02 Å². The van der Waals surface area contributed by atoms with E-state index in [1.54, 1.807) is 42.8 Å². The van der Waals surface area contributed by atoms with Crippen LogP contribution in [0, 0.1) is 6.92 Å². The highest BCUT2D eigenvalue weighted by Gasteiger charge is 2.18. The number of benzene rings is 1. The minimum atomic E-state index is -3.65. The van der Waals surface area contributed by atoms with Crippen molar-refractivity contribution in [3.8, 4) is 0 Å². The van der Waals surface area contributed by atoms with Crippen LogP contribution in [0.1, 0.15) is 11.3 Å². The van der Waals surface area contributed by atoms with Gasteiger partial charge in [-0.1, -0.05) is 17.7 Å². The molecule has 0 atom stereocenters. The molecule has 5 nitrogen and oxygen atoms in total. The monoisotopic (exact) mass is 313 g/mol. The number of nitrogens with two attached hydrogens (primary N) is 1. The van der Waals surface area contributed by atoms with E-state index in [1.807, 2.05) is 0 Å². The van der Waals surface area contributed by atoms with Gasteiger partial charge in [0.2, 0.25) is 0 Å². The van der Waals surface area contributed by atoms with Gasteiger partial charge in [0.1, 0.15) is 4.90 Å². The first-order valence-corrected chi connectivity index (χ1v) is 7.84. The van der Waals surface area contributed by atoms with Crippen molar-refractivity contribution >= 4 is 27.3 Å². The summed E-state index contributed by atoms with van der Waals surface area (Å²) < 4.78 is 28.9. The summed E-state index contributed by atoms with van der Waals surface area (Å²) in [6, 6.07) is 6.64. The number of rotatable bonds is 4. The summed E-state index contributed by atoms with van der Waals surface area (Å²) in [7, 11) is -1.89. The molecular weight excluding hydrogens is 298 g/mol. The van der Waals surface area contributed by atoms with E-state index in [9.17, 15) is 8.42 Å². The molecule has 0 aliphatic heterocycles. The van der Waals surface area contributed by atoms with Crippen LogP contribution >= 0.6 is 11.6 Å². The van der Waals surface area contributed by atoms with Crippen LogP contribution in [0.15, 0.2) is 35.4 Å². The largest absolute Gasteiger partial charge is 0.352 e. The van der Waals surface area contributed by atoms with Crippen LogP contribution in [0.4, 0.5) is 5.69 Å². The molecule has 0 radical (unpaired) electrons. The SMILES string of the molecule is Cc1c(Cl)cccc1NS(=O)(=O)c1cc(CN)n(C)c1. The van der Waals surface area contributed by atoms with Crippen molar-refractivity contribution in [3.63, 3.8) is 0 Å². The van der Waals surface area contributed by atoms with E-state index >= 15 is 0 Å². The van der Waals surface area contributed by atoms with Crippen molar-refractivity contribution in [2.24, 2.45) is 12.8 Å². The number of anilines is 1. The molecule has 7 heteroatoms. The highest BCUT2D eigenvalue weighted by Crippen LogP contribution is 2.25. The molecule has 0 saturated heterocycles. The second kappa shape index (κ2) is 5.47. The summed E-state index contributed by atoms with van der Waals surface area (Å²) in [6.45, 7) is 2.04. The molecule has 1 aromatic heterocycles. The van der Waals surface area contributed by atoms with E-state index in [4.69, 9.17) is 17.3 Å². The summed E-state index contributed by atoms with van der Waals surface area (Å²) in [5, 5.41) is 0.515. The van der Waals surface area contributed by atoms with Gasteiger partial charge in [0.15, 0.2) is 0 Å². The number of nitrogens with zero attached hydrogens (tertiary/aromatic N) is 1. The molecule has 1 aromatic carbocycles. The number of nitrogens with one attached hydrogen (secondary N) is 1. The Bertz CT molecular complexity index is 738. The van der Waals surface area contributed by atoms with Crippen LogP contribution in [0.25, 0.3) is 0 Å². The fraction of sp³-hybridized carbons (Fsp3) is 0.231. The zero-order valence-electron chi connectivity index (χ0n) is 11.2. The van der Waals surface area contributed by atoms with Gasteiger partial charge < -0.3 is 10.3 Å².